The lowest BCUT2D eigenvalue weighted by molar-refractivity contribution is -0.114. The summed E-state index contributed by atoms with van der Waals surface area (Å²) in [4.78, 5) is 13.5. The Hall–Kier alpha value is -2.99. The molecule has 0 radical (unpaired) electrons. The van der Waals surface area contributed by atoms with Gasteiger partial charge in [0.25, 0.3) is 0 Å². The number of aryl methyl sites for hydroxylation is 1. The van der Waals surface area contributed by atoms with Crippen molar-refractivity contribution in [3.63, 3.8) is 0 Å². The second-order valence-corrected chi connectivity index (χ2v) is 9.03. The molecule has 1 amide bonds. The zero-order valence-electron chi connectivity index (χ0n) is 17.2. The van der Waals surface area contributed by atoms with Gasteiger partial charge in [-0.25, -0.2) is 4.68 Å². The molecule has 2 N–H and O–H groups in total. The Labute approximate surface area is 190 Å². The molecule has 0 bridgehead atoms. The number of rotatable bonds is 7. The van der Waals surface area contributed by atoms with E-state index < -0.39 is 0 Å². The third-order valence-electron chi connectivity index (χ3n) is 5.19. The first-order valence-electron chi connectivity index (χ1n) is 10.0. The molecule has 1 unspecified atom stereocenters. The molecule has 31 heavy (non-hydrogen) atoms. The van der Waals surface area contributed by atoms with Crippen LogP contribution in [0.25, 0.3) is 0 Å². The first kappa shape index (κ1) is 21.2. The first-order valence-corrected chi connectivity index (χ1v) is 11.2. The fourth-order valence-corrected chi connectivity index (χ4v) is 4.92. The molecule has 0 aliphatic heterocycles. The highest BCUT2D eigenvalue weighted by molar-refractivity contribution is 7.73. The van der Waals surface area contributed by atoms with Gasteiger partial charge in [0, 0.05) is 24.3 Å². The summed E-state index contributed by atoms with van der Waals surface area (Å²) in [5.41, 5.74) is 4.28. The molecule has 0 fully saturated rings. The van der Waals surface area contributed by atoms with Crippen LogP contribution in [0.2, 0.25) is 0 Å². The van der Waals surface area contributed by atoms with Crippen LogP contribution in [0.4, 0.5) is 16.5 Å². The van der Waals surface area contributed by atoms with Gasteiger partial charge in [-0.15, -0.1) is 11.5 Å². The van der Waals surface area contributed by atoms with E-state index in [1.54, 1.807) is 0 Å². The Morgan fingerprint density at radius 2 is 2.13 bits per heavy atom. The highest BCUT2D eigenvalue weighted by Gasteiger charge is 2.27. The van der Waals surface area contributed by atoms with Gasteiger partial charge in [0.15, 0.2) is 3.95 Å². The van der Waals surface area contributed by atoms with Crippen LogP contribution in [0, 0.1) is 16.3 Å². The third-order valence-corrected chi connectivity index (χ3v) is 6.42. The summed E-state index contributed by atoms with van der Waals surface area (Å²) in [6.07, 6.45) is 7.78. The van der Waals surface area contributed by atoms with Crippen molar-refractivity contribution in [2.24, 2.45) is 0 Å². The Kier molecular flexibility index (Phi) is 6.47. The van der Waals surface area contributed by atoms with Crippen LogP contribution in [0.1, 0.15) is 30.5 Å². The number of fused-ring (bicyclic) bond motifs is 1. The Balaban J connectivity index is 1.51. The zero-order valence-corrected chi connectivity index (χ0v) is 18.8. The number of terminal acetylenes is 1. The predicted molar refractivity (Wildman–Crippen MR) is 128 cm³/mol. The third kappa shape index (κ3) is 5.02. The average molecular weight is 450 g/mol. The van der Waals surface area contributed by atoms with Crippen molar-refractivity contribution < 1.29 is 4.79 Å². The normalized spacial score (nSPS) is 14.8. The van der Waals surface area contributed by atoms with Crippen molar-refractivity contribution in [2.75, 3.05) is 17.2 Å². The van der Waals surface area contributed by atoms with E-state index >= 15 is 0 Å². The van der Waals surface area contributed by atoms with Crippen LogP contribution < -0.4 is 10.6 Å². The summed E-state index contributed by atoms with van der Waals surface area (Å²) >= 11 is 6.98. The summed E-state index contributed by atoms with van der Waals surface area (Å²) < 4.78 is 2.49. The molecule has 1 aliphatic rings. The standard InChI is InChI=1S/C23H23N5OS2/c1-3-13-27(21-12-11-17-7-4-5-10-20(17)21)15-28-23(30)31-22(26-28)25-19-9-6-8-18(14-19)24-16(2)29/h1,4-10,14,21H,11-13,15H2,2H3,(H,24,29)(H,25,26). The first-order chi connectivity index (χ1) is 15.0. The maximum Gasteiger partial charge on any atom is 0.221 e. The van der Waals surface area contributed by atoms with Crippen molar-refractivity contribution in [3.8, 4) is 12.3 Å². The number of nitrogens with zero attached hydrogens (tertiary/aromatic N) is 3. The predicted octanol–water partition coefficient (Wildman–Crippen LogP) is 4.96. The highest BCUT2D eigenvalue weighted by Crippen LogP contribution is 2.36. The van der Waals surface area contributed by atoms with Gasteiger partial charge in [0.05, 0.1) is 13.2 Å². The molecular weight excluding hydrogens is 426 g/mol. The lowest BCUT2D eigenvalue weighted by Crippen LogP contribution is -2.31. The number of aromatic nitrogens is 2. The minimum Gasteiger partial charge on any atom is -0.330 e. The van der Waals surface area contributed by atoms with Gasteiger partial charge in [-0.2, -0.15) is 0 Å². The van der Waals surface area contributed by atoms with E-state index in [-0.39, 0.29) is 11.9 Å². The molecule has 1 heterocycles. The highest BCUT2D eigenvalue weighted by atomic mass is 32.1. The second kappa shape index (κ2) is 9.43. The van der Waals surface area contributed by atoms with Crippen LogP contribution >= 0.6 is 23.6 Å². The van der Waals surface area contributed by atoms with E-state index in [2.05, 4.69) is 50.8 Å². The molecule has 2 aromatic carbocycles. The van der Waals surface area contributed by atoms with E-state index in [4.69, 9.17) is 18.6 Å². The fourth-order valence-electron chi connectivity index (χ4n) is 3.91. The monoisotopic (exact) mass is 449 g/mol. The minimum absolute atomic E-state index is 0.112. The molecule has 0 saturated carbocycles. The van der Waals surface area contributed by atoms with Crippen LogP contribution in [-0.4, -0.2) is 27.1 Å². The molecule has 3 aromatic rings. The van der Waals surface area contributed by atoms with Crippen LogP contribution in [0.5, 0.6) is 0 Å². The smallest absolute Gasteiger partial charge is 0.221 e. The van der Waals surface area contributed by atoms with Gasteiger partial charge < -0.3 is 10.6 Å². The largest absolute Gasteiger partial charge is 0.330 e. The van der Waals surface area contributed by atoms with E-state index in [1.807, 2.05) is 28.9 Å². The lowest BCUT2D eigenvalue weighted by atomic mass is 10.1. The number of carbonyl (C=O) groups excluding carboxylic acids is 1. The maximum absolute atomic E-state index is 11.3. The average Bonchev–Trinajstić information content (AvgIpc) is 3.31. The van der Waals surface area contributed by atoms with Gasteiger partial charge in [0.2, 0.25) is 11.0 Å². The van der Waals surface area contributed by atoms with Gasteiger partial charge in [-0.3, -0.25) is 9.69 Å². The van der Waals surface area contributed by atoms with E-state index in [9.17, 15) is 4.79 Å². The lowest BCUT2D eigenvalue weighted by Gasteiger charge is -2.27. The Morgan fingerprint density at radius 3 is 2.94 bits per heavy atom. The van der Waals surface area contributed by atoms with Crippen LogP contribution in [0.15, 0.2) is 48.5 Å². The van der Waals surface area contributed by atoms with Gasteiger partial charge >= 0.3 is 0 Å². The molecule has 0 spiro atoms. The quantitative estimate of drug-likeness (QED) is 0.394. The number of hydrogen-bond donors (Lipinski definition) is 2. The number of amides is 1. The van der Waals surface area contributed by atoms with Gasteiger partial charge in [-0.1, -0.05) is 47.6 Å². The molecule has 1 aliphatic carbocycles. The van der Waals surface area contributed by atoms with E-state index in [0.717, 1.165) is 24.2 Å². The summed E-state index contributed by atoms with van der Waals surface area (Å²) in [6.45, 7) is 2.55. The van der Waals surface area contributed by atoms with Crippen molar-refractivity contribution >= 4 is 46.0 Å². The van der Waals surface area contributed by atoms with E-state index in [0.29, 0.717) is 22.3 Å². The molecule has 1 aromatic heterocycles. The van der Waals surface area contributed by atoms with Gasteiger partial charge in [-0.05, 0) is 54.4 Å². The number of carbonyl (C=O) groups is 1. The van der Waals surface area contributed by atoms with Crippen LogP contribution in [-0.2, 0) is 17.9 Å². The number of benzene rings is 2. The van der Waals surface area contributed by atoms with Gasteiger partial charge in [0.1, 0.15) is 0 Å². The Morgan fingerprint density at radius 1 is 1.32 bits per heavy atom. The zero-order chi connectivity index (χ0) is 21.8. The molecule has 0 saturated heterocycles. The second-order valence-electron chi connectivity index (χ2n) is 7.41. The summed E-state index contributed by atoms with van der Waals surface area (Å²) in [6, 6.07) is 16.3. The Bertz CT molecular complexity index is 1190. The van der Waals surface area contributed by atoms with E-state index in [1.165, 1.54) is 29.4 Å². The molecular formula is C23H23N5OS2. The number of hydrogen-bond acceptors (Lipinski definition) is 6. The van der Waals surface area contributed by atoms with Crippen LogP contribution in [0.3, 0.4) is 0 Å². The summed E-state index contributed by atoms with van der Waals surface area (Å²) in [5.74, 6) is 2.68. The molecule has 1 atom stereocenters. The molecule has 158 valence electrons. The number of nitrogens with one attached hydrogen (secondary N) is 2. The van der Waals surface area contributed by atoms with Crippen molar-refractivity contribution in [2.45, 2.75) is 32.5 Å². The van der Waals surface area contributed by atoms with Crippen molar-refractivity contribution in [1.29, 1.82) is 0 Å². The fraction of sp³-hybridized carbons (Fsp3) is 0.261. The minimum atomic E-state index is -0.112. The maximum atomic E-state index is 11.3. The van der Waals surface area contributed by atoms with Crippen molar-refractivity contribution in [3.05, 3.63) is 63.6 Å². The SMILES string of the molecule is C#CCN(Cn1nc(Nc2cccc(NC(C)=O)c2)sc1=S)C1CCc2ccccc21. The number of anilines is 3. The molecule has 8 heteroatoms. The summed E-state index contributed by atoms with van der Waals surface area (Å²) in [7, 11) is 0. The van der Waals surface area contributed by atoms with Crippen molar-refractivity contribution in [1.82, 2.24) is 14.7 Å². The summed E-state index contributed by atoms with van der Waals surface area (Å²) in [5, 5.41) is 11.4. The molecule has 6 nitrogen and oxygen atoms in total. The molecule has 4 rings (SSSR count). The topological polar surface area (TPSA) is 62.2 Å².